The predicted molar refractivity (Wildman–Crippen MR) is 125 cm³/mol. The summed E-state index contributed by atoms with van der Waals surface area (Å²) in [6, 6.07) is 0. The van der Waals surface area contributed by atoms with Crippen molar-refractivity contribution in [1.29, 1.82) is 0 Å². The molecule has 0 aromatic heterocycles. The maximum Gasteiger partial charge on any atom is 0.332 e. The van der Waals surface area contributed by atoms with E-state index in [2.05, 4.69) is 29.4 Å². The Balaban J connectivity index is 0. The van der Waals surface area contributed by atoms with E-state index in [9.17, 15) is 14.7 Å². The second-order valence-electron chi connectivity index (χ2n) is 8.21. The number of aliphatic hydroxyl groups is 1. The van der Waals surface area contributed by atoms with Crippen molar-refractivity contribution in [3.8, 4) is 0 Å². The second kappa shape index (κ2) is 23.9. The van der Waals surface area contributed by atoms with Gasteiger partial charge in [0.05, 0.1) is 6.10 Å². The lowest BCUT2D eigenvalue weighted by atomic mass is 10.1. The molecule has 30 heavy (non-hydrogen) atoms. The van der Waals surface area contributed by atoms with Crippen LogP contribution < -0.4 is 5.48 Å². The van der Waals surface area contributed by atoms with Gasteiger partial charge < -0.3 is 14.8 Å². The summed E-state index contributed by atoms with van der Waals surface area (Å²) in [5.41, 5.74) is 2.12. The minimum atomic E-state index is -0.372. The lowest BCUT2D eigenvalue weighted by Gasteiger charge is -2.07. The molecule has 2 N–H and O–H groups in total. The largest absolute Gasteiger partial charge is 0.393 e. The molecule has 0 aliphatic carbocycles. The molecule has 0 radical (unpaired) electrons. The van der Waals surface area contributed by atoms with Gasteiger partial charge in [-0.05, 0) is 53.2 Å². The Labute approximate surface area is 185 Å². The summed E-state index contributed by atoms with van der Waals surface area (Å²) in [4.78, 5) is 29.0. The van der Waals surface area contributed by atoms with Crippen LogP contribution in [0.15, 0.2) is 12.2 Å². The molecule has 0 aliphatic rings. The zero-order valence-electron chi connectivity index (χ0n) is 20.3. The van der Waals surface area contributed by atoms with Crippen molar-refractivity contribution in [2.75, 3.05) is 21.1 Å². The molecule has 0 fully saturated rings. The summed E-state index contributed by atoms with van der Waals surface area (Å²) in [6.45, 7) is 3.90. The normalized spacial score (nSPS) is 11.8. The number of amides is 1. The molecule has 0 saturated heterocycles. The maximum absolute atomic E-state index is 11.4. The van der Waals surface area contributed by atoms with Crippen molar-refractivity contribution in [1.82, 2.24) is 10.4 Å². The molecule has 6 heteroatoms. The van der Waals surface area contributed by atoms with E-state index < -0.39 is 0 Å². The van der Waals surface area contributed by atoms with Crippen molar-refractivity contribution < 1.29 is 19.5 Å². The molecule has 0 aromatic rings. The third-order valence-electron chi connectivity index (χ3n) is 4.32. The summed E-state index contributed by atoms with van der Waals surface area (Å²) >= 11 is 0. The van der Waals surface area contributed by atoms with Crippen molar-refractivity contribution in [2.24, 2.45) is 0 Å². The van der Waals surface area contributed by atoms with Crippen LogP contribution in [0.4, 0.5) is 0 Å². The number of nitrogens with one attached hydrogen (secondary N) is 1. The number of carbonyl (C=O) groups is 2. The summed E-state index contributed by atoms with van der Waals surface area (Å²) in [7, 11) is 6.00. The molecule has 0 spiro atoms. The molecule has 0 unspecified atom stereocenters. The van der Waals surface area contributed by atoms with Crippen molar-refractivity contribution >= 4 is 11.9 Å². The van der Waals surface area contributed by atoms with Crippen LogP contribution in [0.1, 0.15) is 104 Å². The molecule has 0 bridgehead atoms. The summed E-state index contributed by atoms with van der Waals surface area (Å²) in [6.07, 6.45) is 17.5. The van der Waals surface area contributed by atoms with Gasteiger partial charge in [0.1, 0.15) is 0 Å². The monoisotopic (exact) mass is 428 g/mol. The number of allylic oxidation sites excluding steroid dienone is 1. The van der Waals surface area contributed by atoms with E-state index in [1.54, 1.807) is 6.92 Å². The van der Waals surface area contributed by atoms with Crippen LogP contribution in [-0.2, 0) is 14.4 Å². The van der Waals surface area contributed by atoms with E-state index in [0.29, 0.717) is 12.8 Å². The minimum Gasteiger partial charge on any atom is -0.393 e. The van der Waals surface area contributed by atoms with Gasteiger partial charge in [-0.3, -0.25) is 4.79 Å². The average molecular weight is 429 g/mol. The van der Waals surface area contributed by atoms with Crippen LogP contribution in [0.2, 0.25) is 0 Å². The van der Waals surface area contributed by atoms with Gasteiger partial charge >= 0.3 is 5.97 Å². The number of carbonyl (C=O) groups excluding carboxylic acids is 2. The predicted octanol–water partition coefficient (Wildman–Crippen LogP) is 5.16. The van der Waals surface area contributed by atoms with Crippen LogP contribution in [0.5, 0.6) is 0 Å². The highest BCUT2D eigenvalue weighted by Gasteiger charge is 2.05. The van der Waals surface area contributed by atoms with Crippen molar-refractivity contribution in [3.05, 3.63) is 12.2 Å². The molecule has 1 atom stereocenters. The number of hydroxylamine groups is 1. The first-order valence-corrected chi connectivity index (χ1v) is 11.8. The molecule has 178 valence electrons. The first-order valence-electron chi connectivity index (χ1n) is 11.8. The van der Waals surface area contributed by atoms with Crippen LogP contribution in [-0.4, -0.2) is 49.1 Å². The Kier molecular flexibility index (Phi) is 24.5. The highest BCUT2D eigenvalue weighted by molar-refractivity contribution is 5.77. The molecular weight excluding hydrogens is 380 g/mol. The Bertz CT molecular complexity index is 423. The Hall–Kier alpha value is -1.40. The first-order chi connectivity index (χ1) is 14.3. The van der Waals surface area contributed by atoms with E-state index in [0.717, 1.165) is 57.8 Å². The quantitative estimate of drug-likeness (QED) is 0.202. The van der Waals surface area contributed by atoms with Gasteiger partial charge in [-0.15, -0.1) is 0 Å². The van der Waals surface area contributed by atoms with Gasteiger partial charge in [0.15, 0.2) is 0 Å². The average Bonchev–Trinajstić information content (AvgIpc) is 2.70. The lowest BCUT2D eigenvalue weighted by Crippen LogP contribution is -2.25. The van der Waals surface area contributed by atoms with Gasteiger partial charge in [-0.1, -0.05) is 70.9 Å². The van der Waals surface area contributed by atoms with Gasteiger partial charge in [0, 0.05) is 12.8 Å². The Morgan fingerprint density at radius 3 is 2.17 bits per heavy atom. The van der Waals surface area contributed by atoms with Gasteiger partial charge in [-0.25, -0.2) is 4.79 Å². The number of aliphatic hydroxyl groups excluding tert-OH is 1. The van der Waals surface area contributed by atoms with Crippen molar-refractivity contribution in [2.45, 2.75) is 110 Å². The third kappa shape index (κ3) is 28.8. The van der Waals surface area contributed by atoms with Crippen LogP contribution in [0.25, 0.3) is 0 Å². The SMILES string of the molecule is CCCCCC[C@@H](O)C/C=C\CCCCCCCC(=O)ONC(=O)CC.CN(C)C. The summed E-state index contributed by atoms with van der Waals surface area (Å²) in [5, 5.41) is 9.86. The number of rotatable bonds is 16. The van der Waals surface area contributed by atoms with E-state index >= 15 is 0 Å². The molecule has 0 aromatic carbocycles. The van der Waals surface area contributed by atoms with Gasteiger partial charge in [0.2, 0.25) is 0 Å². The van der Waals surface area contributed by atoms with Crippen LogP contribution in [0, 0.1) is 0 Å². The highest BCUT2D eigenvalue weighted by atomic mass is 16.7. The molecule has 0 saturated carbocycles. The van der Waals surface area contributed by atoms with E-state index in [1.165, 1.54) is 19.3 Å². The fraction of sp³-hybridized carbons (Fsp3) is 0.833. The molecule has 1 amide bonds. The first kappa shape index (κ1) is 30.8. The second-order valence-corrected chi connectivity index (χ2v) is 8.21. The summed E-state index contributed by atoms with van der Waals surface area (Å²) in [5.74, 6) is -0.654. The van der Waals surface area contributed by atoms with Gasteiger partial charge in [0.25, 0.3) is 5.91 Å². The minimum absolute atomic E-state index is 0.190. The van der Waals surface area contributed by atoms with E-state index in [-0.39, 0.29) is 18.0 Å². The number of hydrogen-bond acceptors (Lipinski definition) is 5. The van der Waals surface area contributed by atoms with Crippen LogP contribution >= 0.6 is 0 Å². The van der Waals surface area contributed by atoms with Gasteiger partial charge in [-0.2, -0.15) is 5.48 Å². The molecule has 6 nitrogen and oxygen atoms in total. The smallest absolute Gasteiger partial charge is 0.332 e. The zero-order chi connectivity index (χ0) is 23.0. The molecule has 0 heterocycles. The lowest BCUT2D eigenvalue weighted by molar-refractivity contribution is -0.158. The molecule has 0 rings (SSSR count). The Morgan fingerprint density at radius 2 is 1.53 bits per heavy atom. The topological polar surface area (TPSA) is 78.9 Å². The molecule has 0 aliphatic heterocycles. The number of nitrogens with zero attached hydrogens (tertiary/aromatic N) is 1. The van der Waals surface area contributed by atoms with E-state index in [4.69, 9.17) is 0 Å². The maximum atomic E-state index is 11.4. The number of hydrogen-bond donors (Lipinski definition) is 2. The van der Waals surface area contributed by atoms with Crippen LogP contribution in [0.3, 0.4) is 0 Å². The Morgan fingerprint density at radius 1 is 0.933 bits per heavy atom. The fourth-order valence-electron chi connectivity index (χ4n) is 2.59. The summed E-state index contributed by atoms with van der Waals surface area (Å²) < 4.78 is 0. The third-order valence-corrected chi connectivity index (χ3v) is 4.32. The van der Waals surface area contributed by atoms with Crippen molar-refractivity contribution in [3.63, 3.8) is 0 Å². The zero-order valence-corrected chi connectivity index (χ0v) is 20.3. The molecular formula is C24H48N2O4. The highest BCUT2D eigenvalue weighted by Crippen LogP contribution is 2.10. The fourth-order valence-corrected chi connectivity index (χ4v) is 2.59. The standard InChI is InChI=1S/C21H39NO4.C3H9N/c1-3-5-6-13-16-19(23)17-14-11-9-7-8-10-12-15-18-21(25)26-22-20(24)4-2;1-4(2)3/h11,14,19,23H,3-10,12-13,15-18H2,1-2H3,(H,22,24);1-3H3/b14-11-;/t19-;/m1./s1. The van der Waals surface area contributed by atoms with E-state index in [1.807, 2.05) is 26.0 Å². The number of unbranched alkanes of at least 4 members (excludes halogenated alkanes) is 8.